The lowest BCUT2D eigenvalue weighted by molar-refractivity contribution is 0.0597. The van der Waals surface area contributed by atoms with E-state index in [2.05, 4.69) is 4.90 Å². The number of hydrogen-bond acceptors (Lipinski definition) is 5. The molecule has 0 aromatic heterocycles. The summed E-state index contributed by atoms with van der Waals surface area (Å²) in [5, 5.41) is 10.1. The van der Waals surface area contributed by atoms with Crippen LogP contribution < -0.4 is 10.5 Å². The average Bonchev–Trinajstić information content (AvgIpc) is 2.99. The third kappa shape index (κ3) is 4.93. The molecular weight excluding hydrogens is 288 g/mol. The fourth-order valence-electron chi connectivity index (χ4n) is 2.34. The lowest BCUT2D eigenvalue weighted by atomic mass is 10.2. The van der Waals surface area contributed by atoms with Crippen molar-refractivity contribution in [2.45, 2.75) is 18.6 Å². The van der Waals surface area contributed by atoms with E-state index in [1.54, 1.807) is 6.07 Å². The van der Waals surface area contributed by atoms with Crippen LogP contribution >= 0.6 is 12.2 Å². The molecule has 1 aromatic carbocycles. The first kappa shape index (κ1) is 16.2. The smallest absolute Gasteiger partial charge is 0.120 e. The van der Waals surface area contributed by atoms with Gasteiger partial charge in [0.2, 0.25) is 0 Å². The lowest BCUT2D eigenvalue weighted by Crippen LogP contribution is -2.39. The summed E-state index contributed by atoms with van der Waals surface area (Å²) < 4.78 is 10.9. The van der Waals surface area contributed by atoms with Crippen LogP contribution in [0.4, 0.5) is 0 Å². The number of thiocarbonyl (C=S) groups is 1. The number of likely N-dealkylation sites (N-methyl/N-ethyl adjacent to an activating group) is 1. The molecule has 2 unspecified atom stereocenters. The van der Waals surface area contributed by atoms with E-state index in [1.165, 1.54) is 0 Å². The van der Waals surface area contributed by atoms with Gasteiger partial charge in [0, 0.05) is 24.8 Å². The third-order valence-electron chi connectivity index (χ3n) is 3.59. The molecule has 0 spiro atoms. The Balaban J connectivity index is 1.79. The number of nitrogens with zero attached hydrogens (tertiary/aromatic N) is 1. The summed E-state index contributed by atoms with van der Waals surface area (Å²) in [6.45, 7) is 2.33. The van der Waals surface area contributed by atoms with Gasteiger partial charge in [-0.25, -0.2) is 0 Å². The number of rotatable bonds is 7. The maximum Gasteiger partial charge on any atom is 0.120 e. The van der Waals surface area contributed by atoms with Crippen LogP contribution in [0, 0.1) is 0 Å². The highest BCUT2D eigenvalue weighted by molar-refractivity contribution is 7.80. The Hall–Kier alpha value is -1.21. The van der Waals surface area contributed by atoms with Crippen LogP contribution in [0.2, 0.25) is 0 Å². The van der Waals surface area contributed by atoms with Crippen LogP contribution in [0.1, 0.15) is 12.0 Å². The minimum Gasteiger partial charge on any atom is -0.491 e. The molecule has 1 aromatic rings. The first-order chi connectivity index (χ1) is 10.1. The number of benzene rings is 1. The third-order valence-corrected chi connectivity index (χ3v) is 3.82. The van der Waals surface area contributed by atoms with Gasteiger partial charge in [0.15, 0.2) is 0 Å². The van der Waals surface area contributed by atoms with E-state index in [9.17, 15) is 5.11 Å². The van der Waals surface area contributed by atoms with Crippen molar-refractivity contribution in [1.82, 2.24) is 4.90 Å². The van der Waals surface area contributed by atoms with Crippen molar-refractivity contribution in [2.75, 3.05) is 33.4 Å². The van der Waals surface area contributed by atoms with Crippen molar-refractivity contribution in [1.29, 1.82) is 0 Å². The highest BCUT2D eigenvalue weighted by atomic mass is 32.1. The summed E-state index contributed by atoms with van der Waals surface area (Å²) in [4.78, 5) is 2.45. The van der Waals surface area contributed by atoms with E-state index < -0.39 is 6.10 Å². The Morgan fingerprint density at radius 1 is 1.62 bits per heavy atom. The topological polar surface area (TPSA) is 68.0 Å². The predicted octanol–water partition coefficient (Wildman–Crippen LogP) is 0.781. The summed E-state index contributed by atoms with van der Waals surface area (Å²) in [7, 11) is 2.00. The van der Waals surface area contributed by atoms with Gasteiger partial charge in [-0.3, -0.25) is 4.90 Å². The second kappa shape index (κ2) is 7.70. The van der Waals surface area contributed by atoms with Crippen LogP contribution in [0.3, 0.4) is 0 Å². The summed E-state index contributed by atoms with van der Waals surface area (Å²) in [5.41, 5.74) is 6.34. The second-order valence-electron chi connectivity index (χ2n) is 5.31. The first-order valence-electron chi connectivity index (χ1n) is 7.05. The van der Waals surface area contributed by atoms with Gasteiger partial charge in [-0.05, 0) is 25.6 Å². The zero-order valence-electron chi connectivity index (χ0n) is 12.2. The Kier molecular flexibility index (Phi) is 5.93. The van der Waals surface area contributed by atoms with Crippen LogP contribution in [0.5, 0.6) is 5.75 Å². The molecule has 0 bridgehead atoms. The lowest BCUT2D eigenvalue weighted by Gasteiger charge is -2.25. The van der Waals surface area contributed by atoms with Crippen LogP contribution in [0.25, 0.3) is 0 Å². The maximum atomic E-state index is 10.1. The number of hydrogen-bond donors (Lipinski definition) is 2. The van der Waals surface area contributed by atoms with Crippen molar-refractivity contribution in [3.8, 4) is 5.75 Å². The molecule has 0 amide bonds. The average molecular weight is 310 g/mol. The Morgan fingerprint density at radius 2 is 2.43 bits per heavy atom. The fourth-order valence-corrected chi connectivity index (χ4v) is 2.46. The zero-order chi connectivity index (χ0) is 15.2. The molecule has 0 saturated carbocycles. The number of aliphatic hydroxyl groups is 1. The molecule has 3 N–H and O–H groups in total. The molecule has 1 aliphatic heterocycles. The van der Waals surface area contributed by atoms with Crippen LogP contribution in [-0.4, -0.2) is 60.6 Å². The fraction of sp³-hybridized carbons (Fsp3) is 0.533. The highest BCUT2D eigenvalue weighted by Crippen LogP contribution is 2.14. The minimum absolute atomic E-state index is 0.235. The molecule has 1 heterocycles. The van der Waals surface area contributed by atoms with Gasteiger partial charge in [0.25, 0.3) is 0 Å². The van der Waals surface area contributed by atoms with Crippen molar-refractivity contribution in [2.24, 2.45) is 5.73 Å². The molecule has 2 atom stereocenters. The molecule has 116 valence electrons. The summed E-state index contributed by atoms with van der Waals surface area (Å²) in [5.74, 6) is 0.659. The van der Waals surface area contributed by atoms with Gasteiger partial charge >= 0.3 is 0 Å². The predicted molar refractivity (Wildman–Crippen MR) is 85.7 cm³/mol. The van der Waals surface area contributed by atoms with Gasteiger partial charge < -0.3 is 20.3 Å². The van der Waals surface area contributed by atoms with E-state index in [-0.39, 0.29) is 6.61 Å². The quantitative estimate of drug-likeness (QED) is 0.726. The van der Waals surface area contributed by atoms with Crippen molar-refractivity contribution >= 4 is 17.2 Å². The number of ether oxygens (including phenoxy) is 2. The molecule has 6 heteroatoms. The SMILES string of the molecule is CN(CC(O)COc1cccc(C(N)=S)c1)C1CCOC1. The van der Waals surface area contributed by atoms with E-state index in [0.717, 1.165) is 25.2 Å². The molecule has 5 nitrogen and oxygen atoms in total. The molecule has 2 rings (SSSR count). The van der Waals surface area contributed by atoms with Crippen molar-refractivity contribution in [3.63, 3.8) is 0 Å². The largest absolute Gasteiger partial charge is 0.491 e. The van der Waals surface area contributed by atoms with Crippen LogP contribution in [0.15, 0.2) is 24.3 Å². The van der Waals surface area contributed by atoms with Gasteiger partial charge in [-0.15, -0.1) is 0 Å². The summed E-state index contributed by atoms with van der Waals surface area (Å²) >= 11 is 4.93. The highest BCUT2D eigenvalue weighted by Gasteiger charge is 2.22. The van der Waals surface area contributed by atoms with E-state index in [4.69, 9.17) is 27.4 Å². The van der Waals surface area contributed by atoms with Crippen LogP contribution in [-0.2, 0) is 4.74 Å². The molecule has 0 aliphatic carbocycles. The molecule has 21 heavy (non-hydrogen) atoms. The molecular formula is C15H22N2O3S. The number of aliphatic hydroxyl groups excluding tert-OH is 1. The summed E-state index contributed by atoms with van der Waals surface area (Å²) in [6.07, 6.45) is 0.462. The minimum atomic E-state index is -0.552. The Bertz CT molecular complexity index is 478. The monoisotopic (exact) mass is 310 g/mol. The van der Waals surface area contributed by atoms with E-state index >= 15 is 0 Å². The van der Waals surface area contributed by atoms with Gasteiger partial charge in [0.1, 0.15) is 23.4 Å². The maximum absolute atomic E-state index is 10.1. The van der Waals surface area contributed by atoms with Crippen molar-refractivity contribution < 1.29 is 14.6 Å². The van der Waals surface area contributed by atoms with Gasteiger partial charge in [0.05, 0.1) is 6.61 Å². The van der Waals surface area contributed by atoms with Crippen molar-refractivity contribution in [3.05, 3.63) is 29.8 Å². The molecule has 1 aliphatic rings. The second-order valence-corrected chi connectivity index (χ2v) is 5.75. The molecule has 1 saturated heterocycles. The normalized spacial score (nSPS) is 19.7. The molecule has 0 radical (unpaired) electrons. The van der Waals surface area contributed by atoms with E-state index in [0.29, 0.717) is 23.3 Å². The van der Waals surface area contributed by atoms with Gasteiger partial charge in [-0.2, -0.15) is 0 Å². The summed E-state index contributed by atoms with van der Waals surface area (Å²) in [6, 6.07) is 7.65. The Morgan fingerprint density at radius 3 is 3.10 bits per heavy atom. The number of nitrogens with two attached hydrogens (primary N) is 1. The Labute approximate surface area is 130 Å². The standard InChI is InChI=1S/C15H22N2O3S/c1-17(12-5-6-19-9-12)8-13(18)10-20-14-4-2-3-11(7-14)15(16)21/h2-4,7,12-13,18H,5-6,8-10H2,1H3,(H2,16,21). The van der Waals surface area contributed by atoms with Gasteiger partial charge in [-0.1, -0.05) is 24.4 Å². The first-order valence-corrected chi connectivity index (χ1v) is 7.46. The van der Waals surface area contributed by atoms with E-state index in [1.807, 2.05) is 25.2 Å². The zero-order valence-corrected chi connectivity index (χ0v) is 13.0. The molecule has 1 fully saturated rings.